The van der Waals surface area contributed by atoms with Crippen molar-refractivity contribution in [1.29, 1.82) is 0 Å². The van der Waals surface area contributed by atoms with Crippen molar-refractivity contribution in [1.82, 2.24) is 15.3 Å². The summed E-state index contributed by atoms with van der Waals surface area (Å²) in [6, 6.07) is 0.739. The van der Waals surface area contributed by atoms with E-state index in [0.29, 0.717) is 0 Å². The molecule has 2 aliphatic rings. The number of hydrogen-bond acceptors (Lipinski definition) is 3. The van der Waals surface area contributed by atoms with Crippen molar-refractivity contribution < 1.29 is 4.74 Å². The molecule has 0 atom stereocenters. The minimum Gasteiger partial charge on any atom is -0.370 e. The van der Waals surface area contributed by atoms with Crippen LogP contribution in [0.5, 0.6) is 0 Å². The molecule has 1 heterocycles. The molecule has 100 valence electrons. The number of imidazole rings is 1. The Morgan fingerprint density at radius 2 is 2.17 bits per heavy atom. The van der Waals surface area contributed by atoms with Gasteiger partial charge in [0.15, 0.2) is 0 Å². The molecule has 0 unspecified atom stereocenters. The molecule has 2 saturated carbocycles. The molecule has 4 heteroatoms. The monoisotopic (exact) mass is 249 g/mol. The standard InChI is InChI=1S/C14H23N3O/c1-18-14(7-3-2-4-8-14)13-16-10-12(17-13)9-15-11-5-6-11/h10-11,15H,2-9H2,1H3,(H,16,17). The molecule has 0 spiro atoms. The molecule has 1 aromatic heterocycles. The smallest absolute Gasteiger partial charge is 0.138 e. The Bertz CT molecular complexity index is 391. The van der Waals surface area contributed by atoms with Gasteiger partial charge in [-0.05, 0) is 25.7 Å². The molecule has 1 aromatic rings. The molecule has 0 radical (unpaired) electrons. The highest BCUT2D eigenvalue weighted by Gasteiger charge is 2.36. The lowest BCUT2D eigenvalue weighted by atomic mass is 9.84. The number of H-pyrrole nitrogens is 1. The van der Waals surface area contributed by atoms with Crippen LogP contribution in [0.1, 0.15) is 56.5 Å². The lowest BCUT2D eigenvalue weighted by Gasteiger charge is -2.34. The minimum atomic E-state index is -0.157. The van der Waals surface area contributed by atoms with Crippen LogP contribution in [0.2, 0.25) is 0 Å². The Morgan fingerprint density at radius 3 is 2.83 bits per heavy atom. The Morgan fingerprint density at radius 1 is 1.39 bits per heavy atom. The first-order valence-electron chi connectivity index (χ1n) is 7.15. The molecule has 4 nitrogen and oxygen atoms in total. The summed E-state index contributed by atoms with van der Waals surface area (Å²) >= 11 is 0. The van der Waals surface area contributed by atoms with E-state index in [-0.39, 0.29) is 5.60 Å². The largest absolute Gasteiger partial charge is 0.370 e. The number of hydrogen-bond donors (Lipinski definition) is 2. The number of ether oxygens (including phenoxy) is 1. The molecule has 3 rings (SSSR count). The highest BCUT2D eigenvalue weighted by Crippen LogP contribution is 2.38. The quantitative estimate of drug-likeness (QED) is 0.843. The van der Waals surface area contributed by atoms with Crippen molar-refractivity contribution in [3.8, 4) is 0 Å². The number of nitrogens with zero attached hydrogens (tertiary/aromatic N) is 1. The van der Waals surface area contributed by atoms with E-state index in [1.165, 1.54) is 37.8 Å². The van der Waals surface area contributed by atoms with Crippen molar-refractivity contribution in [2.24, 2.45) is 0 Å². The van der Waals surface area contributed by atoms with Gasteiger partial charge in [0, 0.05) is 31.6 Å². The van der Waals surface area contributed by atoms with E-state index in [9.17, 15) is 0 Å². The fraction of sp³-hybridized carbons (Fsp3) is 0.786. The molecule has 18 heavy (non-hydrogen) atoms. The molecular weight excluding hydrogens is 226 g/mol. The Kier molecular flexibility index (Phi) is 3.39. The minimum absolute atomic E-state index is 0.157. The third kappa shape index (κ3) is 2.45. The van der Waals surface area contributed by atoms with Crippen molar-refractivity contribution in [3.63, 3.8) is 0 Å². The zero-order valence-corrected chi connectivity index (χ0v) is 11.2. The third-order valence-electron chi connectivity index (χ3n) is 4.27. The van der Waals surface area contributed by atoms with Gasteiger partial charge in [0.2, 0.25) is 0 Å². The second-order valence-electron chi connectivity index (χ2n) is 5.67. The average Bonchev–Trinajstić information content (AvgIpc) is 3.14. The first kappa shape index (κ1) is 12.2. The van der Waals surface area contributed by atoms with Crippen LogP contribution in [-0.4, -0.2) is 23.1 Å². The highest BCUT2D eigenvalue weighted by atomic mass is 16.5. The zero-order valence-electron chi connectivity index (χ0n) is 11.2. The van der Waals surface area contributed by atoms with Crippen molar-refractivity contribution in [2.75, 3.05) is 7.11 Å². The molecule has 0 bridgehead atoms. The molecule has 2 fully saturated rings. The Balaban J connectivity index is 1.69. The number of aromatic amines is 1. The second kappa shape index (κ2) is 5.02. The summed E-state index contributed by atoms with van der Waals surface area (Å²) in [7, 11) is 1.82. The first-order valence-corrected chi connectivity index (χ1v) is 7.15. The highest BCUT2D eigenvalue weighted by molar-refractivity contribution is 5.10. The Labute approximate surface area is 109 Å². The lowest BCUT2D eigenvalue weighted by Crippen LogP contribution is -2.32. The fourth-order valence-corrected chi connectivity index (χ4v) is 2.88. The summed E-state index contributed by atoms with van der Waals surface area (Å²) in [5.74, 6) is 1.03. The summed E-state index contributed by atoms with van der Waals surface area (Å²) in [6.07, 6.45) is 10.6. The SMILES string of the molecule is COC1(c2ncc(CNC3CC3)[nH]2)CCCCC1. The maximum absolute atomic E-state index is 5.80. The summed E-state index contributed by atoms with van der Waals surface area (Å²) in [5, 5.41) is 3.51. The predicted octanol–water partition coefficient (Wildman–Crippen LogP) is 2.47. The lowest BCUT2D eigenvalue weighted by molar-refractivity contribution is -0.0509. The number of aromatic nitrogens is 2. The number of methoxy groups -OCH3 is 1. The van der Waals surface area contributed by atoms with Gasteiger partial charge in [-0.25, -0.2) is 4.98 Å². The average molecular weight is 249 g/mol. The normalized spacial score (nSPS) is 23.2. The van der Waals surface area contributed by atoms with Gasteiger partial charge < -0.3 is 15.0 Å². The van der Waals surface area contributed by atoms with Gasteiger partial charge in [-0.1, -0.05) is 19.3 Å². The van der Waals surface area contributed by atoms with E-state index in [1.54, 1.807) is 0 Å². The van der Waals surface area contributed by atoms with Crippen LogP contribution in [0.25, 0.3) is 0 Å². The molecule has 0 saturated heterocycles. The Hall–Kier alpha value is -0.870. The van der Waals surface area contributed by atoms with E-state index in [1.807, 2.05) is 13.3 Å². The second-order valence-corrected chi connectivity index (χ2v) is 5.67. The first-order chi connectivity index (χ1) is 8.82. The van der Waals surface area contributed by atoms with Crippen LogP contribution in [0.15, 0.2) is 6.20 Å². The third-order valence-corrected chi connectivity index (χ3v) is 4.27. The van der Waals surface area contributed by atoms with Crippen LogP contribution >= 0.6 is 0 Å². The van der Waals surface area contributed by atoms with E-state index < -0.39 is 0 Å². The van der Waals surface area contributed by atoms with Gasteiger partial charge in [-0.15, -0.1) is 0 Å². The van der Waals surface area contributed by atoms with Crippen molar-refractivity contribution in [2.45, 2.75) is 63.1 Å². The molecule has 0 amide bonds. The maximum atomic E-state index is 5.80. The molecule has 2 N–H and O–H groups in total. The van der Waals surface area contributed by atoms with Gasteiger partial charge in [0.1, 0.15) is 11.4 Å². The van der Waals surface area contributed by atoms with Gasteiger partial charge in [-0.3, -0.25) is 0 Å². The van der Waals surface area contributed by atoms with Crippen LogP contribution in [-0.2, 0) is 16.9 Å². The van der Waals surface area contributed by atoms with Crippen molar-refractivity contribution in [3.05, 3.63) is 17.7 Å². The summed E-state index contributed by atoms with van der Waals surface area (Å²) in [4.78, 5) is 8.02. The predicted molar refractivity (Wildman–Crippen MR) is 70.2 cm³/mol. The van der Waals surface area contributed by atoms with Crippen LogP contribution in [0.4, 0.5) is 0 Å². The van der Waals surface area contributed by atoms with E-state index in [0.717, 1.165) is 31.3 Å². The van der Waals surface area contributed by atoms with E-state index in [2.05, 4.69) is 15.3 Å². The zero-order chi connectivity index (χ0) is 12.4. The van der Waals surface area contributed by atoms with Crippen LogP contribution < -0.4 is 5.32 Å². The van der Waals surface area contributed by atoms with Gasteiger partial charge in [0.25, 0.3) is 0 Å². The molecular formula is C14H23N3O. The maximum Gasteiger partial charge on any atom is 0.138 e. The van der Waals surface area contributed by atoms with E-state index in [4.69, 9.17) is 4.74 Å². The van der Waals surface area contributed by atoms with Crippen LogP contribution in [0.3, 0.4) is 0 Å². The van der Waals surface area contributed by atoms with Gasteiger partial charge in [0.05, 0.1) is 0 Å². The molecule has 0 aromatic carbocycles. The van der Waals surface area contributed by atoms with Crippen LogP contribution in [0, 0.1) is 0 Å². The summed E-state index contributed by atoms with van der Waals surface area (Å²) in [5.41, 5.74) is 1.02. The summed E-state index contributed by atoms with van der Waals surface area (Å²) < 4.78 is 5.80. The topological polar surface area (TPSA) is 49.9 Å². The molecule has 0 aliphatic heterocycles. The summed E-state index contributed by atoms with van der Waals surface area (Å²) in [6.45, 7) is 0.900. The fourth-order valence-electron chi connectivity index (χ4n) is 2.88. The number of rotatable bonds is 5. The van der Waals surface area contributed by atoms with E-state index >= 15 is 0 Å². The number of nitrogens with one attached hydrogen (secondary N) is 2. The van der Waals surface area contributed by atoms with Gasteiger partial charge >= 0.3 is 0 Å². The molecule has 2 aliphatic carbocycles. The van der Waals surface area contributed by atoms with Crippen molar-refractivity contribution >= 4 is 0 Å². The van der Waals surface area contributed by atoms with Gasteiger partial charge in [-0.2, -0.15) is 0 Å².